The van der Waals surface area contributed by atoms with E-state index in [4.69, 9.17) is 14.5 Å². The highest BCUT2D eigenvalue weighted by molar-refractivity contribution is 5.80. The van der Waals surface area contributed by atoms with Gasteiger partial charge in [-0.05, 0) is 31.0 Å². The van der Waals surface area contributed by atoms with E-state index in [1.54, 1.807) is 20.3 Å². The van der Waals surface area contributed by atoms with Gasteiger partial charge >= 0.3 is 0 Å². The predicted octanol–water partition coefficient (Wildman–Crippen LogP) is 1.65. The zero-order valence-corrected chi connectivity index (χ0v) is 17.1. The molecular formula is C21H32N4O3. The number of methoxy groups -OCH3 is 2. The summed E-state index contributed by atoms with van der Waals surface area (Å²) >= 11 is 0. The molecule has 1 aromatic rings. The molecule has 0 amide bonds. The molecule has 0 spiro atoms. The third kappa shape index (κ3) is 4.97. The van der Waals surface area contributed by atoms with Crippen molar-refractivity contribution in [2.24, 2.45) is 4.99 Å². The molecule has 2 atom stereocenters. The van der Waals surface area contributed by atoms with Crippen LogP contribution in [0.15, 0.2) is 35.3 Å². The van der Waals surface area contributed by atoms with E-state index in [0.717, 1.165) is 50.7 Å². The van der Waals surface area contributed by atoms with E-state index in [0.29, 0.717) is 17.5 Å². The fourth-order valence-corrected chi connectivity index (χ4v) is 3.75. The minimum absolute atomic E-state index is 0.283. The number of hydrogen-bond acceptors (Lipinski definition) is 5. The van der Waals surface area contributed by atoms with Crippen molar-refractivity contribution >= 4 is 5.96 Å². The van der Waals surface area contributed by atoms with Gasteiger partial charge in [0.05, 0.1) is 26.9 Å². The third-order valence-electron chi connectivity index (χ3n) is 5.33. The van der Waals surface area contributed by atoms with Crippen LogP contribution in [0.3, 0.4) is 0 Å². The van der Waals surface area contributed by atoms with Crippen molar-refractivity contribution in [1.82, 2.24) is 15.1 Å². The van der Waals surface area contributed by atoms with Crippen LogP contribution in [-0.2, 0) is 0 Å². The Kier molecular flexibility index (Phi) is 7.17. The molecule has 1 aromatic carbocycles. The van der Waals surface area contributed by atoms with Crippen LogP contribution in [0.1, 0.15) is 25.0 Å². The number of aliphatic hydroxyl groups excluding tert-OH is 1. The topological polar surface area (TPSA) is 69.6 Å². The summed E-state index contributed by atoms with van der Waals surface area (Å²) in [5.74, 6) is 2.18. The number of ether oxygens (including phenoxy) is 2. The largest absolute Gasteiger partial charge is 0.497 e. The van der Waals surface area contributed by atoms with E-state index in [9.17, 15) is 5.11 Å². The van der Waals surface area contributed by atoms with E-state index in [1.807, 2.05) is 12.1 Å². The second kappa shape index (κ2) is 9.80. The fraction of sp³-hybridized carbons (Fsp3) is 0.571. The van der Waals surface area contributed by atoms with Gasteiger partial charge in [0.15, 0.2) is 5.96 Å². The summed E-state index contributed by atoms with van der Waals surface area (Å²) < 4.78 is 10.6. The number of benzene rings is 1. The minimum Gasteiger partial charge on any atom is -0.497 e. The zero-order chi connectivity index (χ0) is 19.9. The van der Waals surface area contributed by atoms with Crippen LogP contribution < -0.4 is 14.8 Å². The van der Waals surface area contributed by atoms with Crippen molar-refractivity contribution < 1.29 is 14.6 Å². The molecule has 2 aliphatic rings. The Morgan fingerprint density at radius 3 is 2.50 bits per heavy atom. The molecule has 7 nitrogen and oxygen atoms in total. The lowest BCUT2D eigenvalue weighted by Gasteiger charge is -2.25. The Morgan fingerprint density at radius 1 is 1.21 bits per heavy atom. The summed E-state index contributed by atoms with van der Waals surface area (Å²) in [4.78, 5) is 9.51. The molecule has 2 aliphatic heterocycles. The van der Waals surface area contributed by atoms with Crippen molar-refractivity contribution in [2.45, 2.75) is 25.5 Å². The van der Waals surface area contributed by atoms with E-state index >= 15 is 0 Å². The quantitative estimate of drug-likeness (QED) is 0.421. The second-order valence-corrected chi connectivity index (χ2v) is 7.17. The molecule has 3 rings (SSSR count). The van der Waals surface area contributed by atoms with Crippen molar-refractivity contribution in [3.05, 3.63) is 35.9 Å². The molecule has 154 valence electrons. The molecule has 28 heavy (non-hydrogen) atoms. The van der Waals surface area contributed by atoms with Crippen molar-refractivity contribution in [3.63, 3.8) is 0 Å². The van der Waals surface area contributed by atoms with Crippen molar-refractivity contribution in [1.29, 1.82) is 0 Å². The molecule has 2 unspecified atom stereocenters. The van der Waals surface area contributed by atoms with E-state index in [2.05, 4.69) is 34.2 Å². The van der Waals surface area contributed by atoms with E-state index < -0.39 is 6.10 Å². The van der Waals surface area contributed by atoms with Gasteiger partial charge in [0.25, 0.3) is 0 Å². The van der Waals surface area contributed by atoms with Gasteiger partial charge < -0.3 is 24.8 Å². The van der Waals surface area contributed by atoms with Gasteiger partial charge in [-0.1, -0.05) is 12.2 Å². The standard InChI is InChI=1S/C21H32N4O3/c1-4-22-21(25-10-7-17(15-25)24-8-5-6-9-24)23-14-20(26)16-11-18(27-2)13-19(12-16)28-3/h5-6,11-13,17,20,26H,4,7-10,14-15H2,1-3H3,(H,22,23). The van der Waals surface area contributed by atoms with Gasteiger partial charge in [-0.2, -0.15) is 0 Å². The smallest absolute Gasteiger partial charge is 0.194 e. The summed E-state index contributed by atoms with van der Waals surface area (Å²) in [7, 11) is 3.21. The number of aliphatic imine (C=N–C) groups is 1. The van der Waals surface area contributed by atoms with Crippen LogP contribution in [-0.4, -0.2) is 80.4 Å². The second-order valence-electron chi connectivity index (χ2n) is 7.17. The van der Waals surface area contributed by atoms with Gasteiger partial charge in [0.1, 0.15) is 11.5 Å². The van der Waals surface area contributed by atoms with Crippen molar-refractivity contribution in [3.8, 4) is 11.5 Å². The lowest BCUT2D eigenvalue weighted by atomic mass is 10.1. The Labute approximate surface area is 167 Å². The number of nitrogens with one attached hydrogen (secondary N) is 1. The Morgan fingerprint density at radius 2 is 1.89 bits per heavy atom. The molecule has 0 bridgehead atoms. The van der Waals surface area contributed by atoms with Gasteiger partial charge in [0.2, 0.25) is 0 Å². The summed E-state index contributed by atoms with van der Waals surface area (Å²) in [6.45, 7) is 7.19. The molecule has 0 saturated carbocycles. The first-order valence-corrected chi connectivity index (χ1v) is 9.98. The molecule has 2 heterocycles. The summed E-state index contributed by atoms with van der Waals surface area (Å²) in [6.07, 6.45) is 4.89. The number of likely N-dealkylation sites (tertiary alicyclic amines) is 1. The highest BCUT2D eigenvalue weighted by Crippen LogP contribution is 2.26. The molecule has 0 radical (unpaired) electrons. The van der Waals surface area contributed by atoms with E-state index in [-0.39, 0.29) is 6.54 Å². The minimum atomic E-state index is -0.723. The van der Waals surface area contributed by atoms with Gasteiger partial charge in [-0.3, -0.25) is 9.89 Å². The first kappa shape index (κ1) is 20.5. The van der Waals surface area contributed by atoms with E-state index in [1.165, 1.54) is 0 Å². The Hall–Kier alpha value is -2.25. The molecule has 1 fully saturated rings. The highest BCUT2D eigenvalue weighted by Gasteiger charge is 2.29. The monoisotopic (exact) mass is 388 g/mol. The normalized spacial score (nSPS) is 21.2. The number of guanidine groups is 1. The average molecular weight is 389 g/mol. The maximum atomic E-state index is 10.7. The molecule has 2 N–H and O–H groups in total. The Balaban J connectivity index is 1.65. The molecule has 1 saturated heterocycles. The average Bonchev–Trinajstić information content (AvgIpc) is 3.42. The Bertz CT molecular complexity index is 677. The number of nitrogens with zero attached hydrogens (tertiary/aromatic N) is 3. The maximum absolute atomic E-state index is 10.7. The van der Waals surface area contributed by atoms with Crippen LogP contribution in [0.2, 0.25) is 0 Å². The molecule has 0 aliphatic carbocycles. The van der Waals surface area contributed by atoms with Gasteiger partial charge in [-0.15, -0.1) is 0 Å². The van der Waals surface area contributed by atoms with Crippen LogP contribution >= 0.6 is 0 Å². The summed E-state index contributed by atoms with van der Waals surface area (Å²) in [5, 5.41) is 14.0. The number of hydrogen-bond donors (Lipinski definition) is 2. The predicted molar refractivity (Wildman–Crippen MR) is 111 cm³/mol. The van der Waals surface area contributed by atoms with Gasteiger partial charge in [0, 0.05) is 44.8 Å². The van der Waals surface area contributed by atoms with Crippen molar-refractivity contribution in [2.75, 3.05) is 53.5 Å². The first-order valence-electron chi connectivity index (χ1n) is 9.98. The van der Waals surface area contributed by atoms with Crippen LogP contribution in [0.25, 0.3) is 0 Å². The third-order valence-corrected chi connectivity index (χ3v) is 5.33. The fourth-order valence-electron chi connectivity index (χ4n) is 3.75. The number of aliphatic hydroxyl groups is 1. The van der Waals surface area contributed by atoms with Crippen LogP contribution in [0, 0.1) is 0 Å². The van der Waals surface area contributed by atoms with Gasteiger partial charge in [-0.25, -0.2) is 0 Å². The lowest BCUT2D eigenvalue weighted by Crippen LogP contribution is -2.43. The molecular weight excluding hydrogens is 356 g/mol. The first-order chi connectivity index (χ1) is 13.6. The zero-order valence-electron chi connectivity index (χ0n) is 17.1. The number of rotatable bonds is 7. The highest BCUT2D eigenvalue weighted by atomic mass is 16.5. The lowest BCUT2D eigenvalue weighted by molar-refractivity contribution is 0.185. The molecule has 0 aromatic heterocycles. The summed E-state index contributed by atoms with van der Waals surface area (Å²) in [6, 6.07) is 6.00. The summed E-state index contributed by atoms with van der Waals surface area (Å²) in [5.41, 5.74) is 0.734. The maximum Gasteiger partial charge on any atom is 0.194 e. The van der Waals surface area contributed by atoms with Crippen LogP contribution in [0.4, 0.5) is 0 Å². The van der Waals surface area contributed by atoms with Crippen LogP contribution in [0.5, 0.6) is 11.5 Å². The SMILES string of the molecule is CCNC(=NCC(O)c1cc(OC)cc(OC)c1)N1CCC(N2CC=CC2)C1. The molecule has 7 heteroatoms.